The molecule has 0 spiro atoms. The van der Waals surface area contributed by atoms with E-state index >= 15 is 0 Å². The molecular weight excluding hydrogens is 803 g/mol. The van der Waals surface area contributed by atoms with Crippen molar-refractivity contribution in [3.63, 3.8) is 0 Å². The monoisotopic (exact) mass is 857 g/mol. The number of fused-ring (bicyclic) bond motifs is 4. The average molecular weight is 858 g/mol. The summed E-state index contributed by atoms with van der Waals surface area (Å²) in [5, 5.41) is 24.2. The van der Waals surface area contributed by atoms with Gasteiger partial charge in [-0.15, -0.1) is 21.5 Å². The highest BCUT2D eigenvalue weighted by molar-refractivity contribution is 7.15. The Morgan fingerprint density at radius 1 is 0.921 bits per heavy atom. The maximum atomic E-state index is 10.2. The van der Waals surface area contributed by atoms with Crippen molar-refractivity contribution >= 4 is 22.7 Å². The molecule has 10 rings (SSSR count). The second-order valence-corrected chi connectivity index (χ2v) is 19.1. The molecule has 1 saturated heterocycles. The average Bonchev–Trinajstić information content (AvgIpc) is 4.02. The number of benzene rings is 4. The van der Waals surface area contributed by atoms with Crippen molar-refractivity contribution in [2.45, 2.75) is 77.7 Å². The summed E-state index contributed by atoms with van der Waals surface area (Å²) in [6.45, 7) is 13.2. The van der Waals surface area contributed by atoms with Crippen LogP contribution in [0.1, 0.15) is 105 Å². The van der Waals surface area contributed by atoms with Crippen molar-refractivity contribution in [2.24, 2.45) is 10.4 Å². The highest BCUT2D eigenvalue weighted by Gasteiger charge is 2.35. The standard InChI is InChI=1S/C52H55N7O3S/c1-33-34(2)63-51-47(33)49(55-45(31-46-54-25-29-62-46)50-57-56-35(3)59(50)51)38-10-15-40(16-11-38)58-26-22-52(4,23-27-58)32-53-24-28-61-42-18-12-37(13-19-42)48-43(36-8-6-5-7-9-36)20-14-39-30-41(60)17-21-44(39)48/h5-13,15-19,21,25,29-30,43,45,48,53,60H,14,20,22-24,26-28,31-32H2,1-4H3/t43-,45?,48+/m1/s1. The fraction of sp³-hybridized carbons (Fsp3) is 0.346. The van der Waals surface area contributed by atoms with Crippen molar-refractivity contribution in [3.05, 3.63) is 171 Å². The third-order valence-electron chi connectivity index (χ3n) is 13.7. The number of rotatable bonds is 12. The number of aromatic hydroxyl groups is 1. The lowest BCUT2D eigenvalue weighted by Crippen LogP contribution is -2.44. The number of phenols is 1. The molecular formula is C52H55N7O3S. The van der Waals surface area contributed by atoms with Gasteiger partial charge in [-0.25, -0.2) is 4.98 Å². The second kappa shape index (κ2) is 17.3. The maximum Gasteiger partial charge on any atom is 0.196 e. The molecule has 0 bridgehead atoms. The summed E-state index contributed by atoms with van der Waals surface area (Å²) in [6, 6.07) is 34.1. The number of phenolic OH excluding ortho intramolecular Hbond substituents is 1. The van der Waals surface area contributed by atoms with Gasteiger partial charge in [0.2, 0.25) is 0 Å². The predicted molar refractivity (Wildman–Crippen MR) is 250 cm³/mol. The van der Waals surface area contributed by atoms with Gasteiger partial charge in [0.1, 0.15) is 41.2 Å². The Bertz CT molecular complexity index is 2710. The van der Waals surface area contributed by atoms with Crippen molar-refractivity contribution < 1.29 is 14.3 Å². The van der Waals surface area contributed by atoms with E-state index in [1.54, 1.807) is 23.8 Å². The summed E-state index contributed by atoms with van der Waals surface area (Å²) in [5.41, 5.74) is 11.1. The molecule has 63 heavy (non-hydrogen) atoms. The minimum atomic E-state index is -0.289. The third-order valence-corrected chi connectivity index (χ3v) is 14.9. The molecule has 2 aliphatic heterocycles. The number of aryl methyl sites for hydroxylation is 3. The summed E-state index contributed by atoms with van der Waals surface area (Å²) >= 11 is 1.77. The molecule has 5 heterocycles. The fourth-order valence-corrected chi connectivity index (χ4v) is 11.2. The molecule has 0 amide bonds. The second-order valence-electron chi connectivity index (χ2n) is 17.9. The summed E-state index contributed by atoms with van der Waals surface area (Å²) in [5.74, 6) is 4.13. The summed E-state index contributed by atoms with van der Waals surface area (Å²) < 4.78 is 14.1. The fourth-order valence-electron chi connectivity index (χ4n) is 10.0. The van der Waals surface area contributed by atoms with Crippen molar-refractivity contribution in [1.29, 1.82) is 0 Å². The van der Waals surface area contributed by atoms with Crippen LogP contribution in [0.25, 0.3) is 5.00 Å². The summed E-state index contributed by atoms with van der Waals surface area (Å²) in [7, 11) is 0. The van der Waals surface area contributed by atoms with Crippen LogP contribution in [0.4, 0.5) is 5.69 Å². The molecule has 322 valence electrons. The van der Waals surface area contributed by atoms with Crippen LogP contribution in [-0.4, -0.2) is 63.4 Å². The molecule has 0 saturated carbocycles. The van der Waals surface area contributed by atoms with Gasteiger partial charge in [-0.3, -0.25) is 9.56 Å². The lowest BCUT2D eigenvalue weighted by atomic mass is 9.69. The Morgan fingerprint density at radius 2 is 1.71 bits per heavy atom. The molecule has 3 aromatic heterocycles. The molecule has 7 aromatic rings. The lowest BCUT2D eigenvalue weighted by Gasteiger charge is -2.40. The van der Waals surface area contributed by atoms with Gasteiger partial charge in [-0.05, 0) is 122 Å². The number of nitrogens with one attached hydrogen (secondary N) is 1. The van der Waals surface area contributed by atoms with Crippen molar-refractivity contribution in [1.82, 2.24) is 25.1 Å². The number of oxazole rings is 1. The summed E-state index contributed by atoms with van der Waals surface area (Å²) in [4.78, 5) is 13.6. The molecule has 3 aliphatic rings. The molecule has 4 aromatic carbocycles. The number of aromatic nitrogens is 4. The van der Waals surface area contributed by atoms with Gasteiger partial charge in [-0.1, -0.05) is 67.6 Å². The van der Waals surface area contributed by atoms with Gasteiger partial charge < -0.3 is 24.5 Å². The highest BCUT2D eigenvalue weighted by atomic mass is 32.1. The van der Waals surface area contributed by atoms with E-state index in [4.69, 9.17) is 14.1 Å². The molecule has 0 radical (unpaired) electrons. The largest absolute Gasteiger partial charge is 0.508 e. The first-order chi connectivity index (χ1) is 30.7. The number of hydrogen-bond acceptors (Lipinski definition) is 10. The van der Waals surface area contributed by atoms with E-state index in [0.29, 0.717) is 30.6 Å². The molecule has 1 fully saturated rings. The van der Waals surface area contributed by atoms with Gasteiger partial charge in [0.15, 0.2) is 11.7 Å². The van der Waals surface area contributed by atoms with E-state index in [-0.39, 0.29) is 17.4 Å². The number of thiophene rings is 1. The van der Waals surface area contributed by atoms with E-state index in [1.807, 2.05) is 19.1 Å². The smallest absolute Gasteiger partial charge is 0.196 e. The van der Waals surface area contributed by atoms with Crippen LogP contribution in [0.15, 0.2) is 119 Å². The number of nitrogens with zero attached hydrogens (tertiary/aromatic N) is 6. The van der Waals surface area contributed by atoms with E-state index in [2.05, 4.69) is 136 Å². The Hall–Kier alpha value is -6.04. The molecule has 2 N–H and O–H groups in total. The van der Waals surface area contributed by atoms with Crippen LogP contribution < -0.4 is 15.0 Å². The Morgan fingerprint density at radius 3 is 2.48 bits per heavy atom. The molecule has 1 unspecified atom stereocenters. The quantitative estimate of drug-likeness (QED) is 0.117. The third kappa shape index (κ3) is 8.20. The normalized spacial score (nSPS) is 19.1. The molecule has 1 aliphatic carbocycles. The Labute approximate surface area is 373 Å². The molecule has 11 heteroatoms. The van der Waals surface area contributed by atoms with Gasteiger partial charge in [0.05, 0.1) is 18.3 Å². The zero-order valence-corrected chi connectivity index (χ0v) is 37.4. The van der Waals surface area contributed by atoms with E-state index in [1.165, 1.54) is 38.4 Å². The minimum Gasteiger partial charge on any atom is -0.508 e. The highest BCUT2D eigenvalue weighted by Crippen LogP contribution is 2.47. The van der Waals surface area contributed by atoms with Crippen molar-refractivity contribution in [3.8, 4) is 16.5 Å². The molecule has 10 nitrogen and oxygen atoms in total. The zero-order valence-electron chi connectivity index (χ0n) is 36.6. The number of hydrogen-bond donors (Lipinski definition) is 2. The Kier molecular flexibility index (Phi) is 11.2. The zero-order chi connectivity index (χ0) is 43.1. The number of anilines is 1. The number of aliphatic imine (C=N–C) groups is 1. The van der Waals surface area contributed by atoms with Crippen LogP contribution >= 0.6 is 11.3 Å². The van der Waals surface area contributed by atoms with Gasteiger partial charge >= 0.3 is 0 Å². The Balaban J connectivity index is 0.746. The van der Waals surface area contributed by atoms with Crippen LogP contribution in [0.5, 0.6) is 11.5 Å². The van der Waals surface area contributed by atoms with Gasteiger partial charge in [-0.2, -0.15) is 0 Å². The van der Waals surface area contributed by atoms with E-state index in [9.17, 15) is 5.11 Å². The van der Waals surface area contributed by atoms with Gasteiger partial charge in [0.25, 0.3) is 0 Å². The minimum absolute atomic E-state index is 0.218. The first kappa shape index (κ1) is 41.0. The lowest BCUT2D eigenvalue weighted by molar-refractivity contribution is 0.227. The van der Waals surface area contributed by atoms with Crippen molar-refractivity contribution in [2.75, 3.05) is 37.7 Å². The van der Waals surface area contributed by atoms with E-state index < -0.39 is 0 Å². The first-order valence-electron chi connectivity index (χ1n) is 22.4. The maximum absolute atomic E-state index is 10.2. The number of piperidine rings is 1. The van der Waals surface area contributed by atoms with Crippen LogP contribution in [0.3, 0.4) is 0 Å². The number of ether oxygens (including phenoxy) is 1. The van der Waals surface area contributed by atoms with Crippen LogP contribution in [0.2, 0.25) is 0 Å². The van der Waals surface area contributed by atoms with E-state index in [0.717, 1.165) is 91.1 Å². The summed E-state index contributed by atoms with van der Waals surface area (Å²) in [6.07, 6.45) is 8.03. The molecule has 3 atom stereocenters. The first-order valence-corrected chi connectivity index (χ1v) is 23.2. The van der Waals surface area contributed by atoms with Crippen LogP contribution in [0, 0.1) is 26.2 Å². The topological polar surface area (TPSA) is 114 Å². The SMILES string of the molecule is Cc1sc2c(c1C)C(c1ccc(N3CCC(C)(CNCCOc4ccc([C@@H]5c6ccc(O)cc6CC[C@@H]5c5ccccc5)cc4)CC3)cc1)=NC(Cc1ncco1)c1nnc(C)n1-2. The van der Waals surface area contributed by atoms with Gasteiger partial charge in [0, 0.05) is 53.8 Å². The predicted octanol–water partition coefficient (Wildman–Crippen LogP) is 10.2. The van der Waals surface area contributed by atoms with Crippen LogP contribution in [-0.2, 0) is 12.8 Å².